The molecule has 1 aliphatic carbocycles. The second-order valence-corrected chi connectivity index (χ2v) is 12.8. The average Bonchev–Trinajstić information content (AvgIpc) is 2.62. The van der Waals surface area contributed by atoms with Gasteiger partial charge in [0.15, 0.2) is 0 Å². The monoisotopic (exact) mass is 431 g/mol. The van der Waals surface area contributed by atoms with Crippen LogP contribution in [0.3, 0.4) is 0 Å². The van der Waals surface area contributed by atoms with Gasteiger partial charge in [0.1, 0.15) is 0 Å². The van der Waals surface area contributed by atoms with E-state index in [1.807, 2.05) is 6.07 Å². The van der Waals surface area contributed by atoms with E-state index in [-0.39, 0.29) is 11.2 Å². The lowest BCUT2D eigenvalue weighted by Crippen LogP contribution is -2.46. The first kappa shape index (κ1) is 22.2. The molecule has 1 radical (unpaired) electrons. The summed E-state index contributed by atoms with van der Waals surface area (Å²) in [6.07, 6.45) is 2.49. The quantitative estimate of drug-likeness (QED) is 0.514. The van der Waals surface area contributed by atoms with E-state index < -0.39 is 19.2 Å². The molecule has 6 heteroatoms. The van der Waals surface area contributed by atoms with Gasteiger partial charge >= 0.3 is 0 Å². The average molecular weight is 432 g/mol. The van der Waals surface area contributed by atoms with Crippen molar-refractivity contribution in [3.05, 3.63) is 60.2 Å². The molecule has 0 aromatic heterocycles. The minimum absolute atomic E-state index is 0.127. The zero-order chi connectivity index (χ0) is 21.1. The highest BCUT2D eigenvalue weighted by Crippen LogP contribution is 2.36. The first-order valence-corrected chi connectivity index (χ1v) is 13.2. The molecule has 0 heterocycles. The summed E-state index contributed by atoms with van der Waals surface area (Å²) in [7, 11) is -5.17. The molecular formula is C23H31O4SSi. The third-order valence-electron chi connectivity index (χ3n) is 5.63. The van der Waals surface area contributed by atoms with Crippen LogP contribution < -0.4 is 10.4 Å². The van der Waals surface area contributed by atoms with Crippen molar-refractivity contribution in [2.24, 2.45) is 11.8 Å². The Balaban J connectivity index is 1.62. The fourth-order valence-corrected chi connectivity index (χ4v) is 6.47. The molecule has 0 bridgehead atoms. The lowest BCUT2D eigenvalue weighted by Gasteiger charge is -2.36. The first-order valence-electron chi connectivity index (χ1n) is 10.2. The molecule has 29 heavy (non-hydrogen) atoms. The van der Waals surface area contributed by atoms with Gasteiger partial charge in [0, 0.05) is 6.61 Å². The summed E-state index contributed by atoms with van der Waals surface area (Å²) in [5.41, 5.74) is 1.44. The minimum Gasteiger partial charge on any atom is -0.407 e. The maximum atomic E-state index is 10.9. The van der Waals surface area contributed by atoms with E-state index in [9.17, 15) is 8.42 Å². The summed E-state index contributed by atoms with van der Waals surface area (Å²) in [5.74, 6) is 0.715. The Hall–Kier alpha value is -1.47. The molecule has 1 aliphatic rings. The van der Waals surface area contributed by atoms with Crippen LogP contribution in [0.25, 0.3) is 0 Å². The molecule has 2 aromatic rings. The maximum Gasteiger partial charge on any atom is 0.282 e. The highest BCUT2D eigenvalue weighted by molar-refractivity contribution is 7.85. The zero-order valence-corrected chi connectivity index (χ0v) is 19.3. The van der Waals surface area contributed by atoms with Crippen LogP contribution in [0.15, 0.2) is 54.6 Å². The van der Waals surface area contributed by atoms with Crippen molar-refractivity contribution in [1.29, 1.82) is 0 Å². The SMILES string of the molecule is CC(C)(C)c1ccc([Si](OCC2CC(CCS(=O)(=O)O)C2)c2ccccc2)cc1. The highest BCUT2D eigenvalue weighted by atomic mass is 32.2. The molecule has 1 fully saturated rings. The van der Waals surface area contributed by atoms with E-state index in [4.69, 9.17) is 8.98 Å². The Kier molecular flexibility index (Phi) is 6.99. The van der Waals surface area contributed by atoms with Crippen LogP contribution in [-0.2, 0) is 20.0 Å². The Morgan fingerprint density at radius 3 is 2.10 bits per heavy atom. The van der Waals surface area contributed by atoms with Crippen molar-refractivity contribution in [3.63, 3.8) is 0 Å². The van der Waals surface area contributed by atoms with E-state index >= 15 is 0 Å². The molecule has 3 rings (SSSR count). The van der Waals surface area contributed by atoms with Crippen LogP contribution in [0.4, 0.5) is 0 Å². The van der Waals surface area contributed by atoms with Crippen LogP contribution in [0.1, 0.15) is 45.6 Å². The minimum atomic E-state index is -3.85. The van der Waals surface area contributed by atoms with Crippen LogP contribution >= 0.6 is 0 Å². The van der Waals surface area contributed by atoms with Crippen molar-refractivity contribution in [2.45, 2.75) is 45.4 Å². The summed E-state index contributed by atoms with van der Waals surface area (Å²) >= 11 is 0. The second kappa shape index (κ2) is 9.12. The van der Waals surface area contributed by atoms with Crippen LogP contribution in [0.5, 0.6) is 0 Å². The van der Waals surface area contributed by atoms with Gasteiger partial charge in [-0.05, 0) is 52.5 Å². The number of rotatable bonds is 8. The van der Waals surface area contributed by atoms with Crippen molar-refractivity contribution < 1.29 is 17.4 Å². The van der Waals surface area contributed by atoms with Crippen LogP contribution in [0.2, 0.25) is 0 Å². The van der Waals surface area contributed by atoms with Gasteiger partial charge in [-0.15, -0.1) is 0 Å². The molecule has 0 aliphatic heterocycles. The van der Waals surface area contributed by atoms with Crippen molar-refractivity contribution >= 4 is 29.5 Å². The predicted octanol–water partition coefficient (Wildman–Crippen LogP) is 3.41. The normalized spacial score (nSPS) is 19.9. The summed E-state index contributed by atoms with van der Waals surface area (Å²) in [5, 5.41) is 2.49. The molecule has 1 N–H and O–H groups in total. The summed E-state index contributed by atoms with van der Waals surface area (Å²) in [6.45, 7) is 7.36. The third-order valence-corrected chi connectivity index (χ3v) is 8.55. The van der Waals surface area contributed by atoms with Gasteiger partial charge in [-0.2, -0.15) is 8.42 Å². The van der Waals surface area contributed by atoms with E-state index in [0.29, 0.717) is 24.9 Å². The Morgan fingerprint density at radius 1 is 0.966 bits per heavy atom. The summed E-state index contributed by atoms with van der Waals surface area (Å²) in [4.78, 5) is 0. The lowest BCUT2D eigenvalue weighted by molar-refractivity contribution is 0.119. The molecule has 1 saturated carbocycles. The molecule has 0 amide bonds. The topological polar surface area (TPSA) is 63.6 Å². The van der Waals surface area contributed by atoms with Gasteiger partial charge in [0.05, 0.1) is 5.75 Å². The van der Waals surface area contributed by atoms with E-state index in [0.717, 1.165) is 12.8 Å². The Bertz CT molecular complexity index is 883. The van der Waals surface area contributed by atoms with Crippen LogP contribution in [0, 0.1) is 11.8 Å². The van der Waals surface area contributed by atoms with Crippen molar-refractivity contribution in [1.82, 2.24) is 0 Å². The van der Waals surface area contributed by atoms with E-state index in [2.05, 4.69) is 69.3 Å². The summed E-state index contributed by atoms with van der Waals surface area (Å²) in [6, 6.07) is 19.3. The van der Waals surface area contributed by atoms with Crippen molar-refractivity contribution in [3.8, 4) is 0 Å². The van der Waals surface area contributed by atoms with Crippen LogP contribution in [-0.4, -0.2) is 34.4 Å². The molecule has 0 unspecified atom stereocenters. The highest BCUT2D eigenvalue weighted by Gasteiger charge is 2.31. The van der Waals surface area contributed by atoms with Gasteiger partial charge in [0.25, 0.3) is 19.2 Å². The van der Waals surface area contributed by atoms with E-state index in [1.165, 1.54) is 15.9 Å². The van der Waals surface area contributed by atoms with Gasteiger partial charge in [-0.1, -0.05) is 75.4 Å². The van der Waals surface area contributed by atoms with Gasteiger partial charge in [-0.25, -0.2) is 0 Å². The summed E-state index contributed by atoms with van der Waals surface area (Å²) < 4.78 is 37.2. The number of benzene rings is 2. The molecular weight excluding hydrogens is 400 g/mol. The van der Waals surface area contributed by atoms with E-state index in [1.54, 1.807) is 0 Å². The second-order valence-electron chi connectivity index (χ2n) is 9.11. The fourth-order valence-electron chi connectivity index (χ4n) is 3.81. The van der Waals surface area contributed by atoms with Gasteiger partial charge in [0.2, 0.25) is 0 Å². The molecule has 0 saturated heterocycles. The predicted molar refractivity (Wildman–Crippen MR) is 120 cm³/mol. The zero-order valence-electron chi connectivity index (χ0n) is 17.5. The van der Waals surface area contributed by atoms with Gasteiger partial charge < -0.3 is 4.43 Å². The standard InChI is InChI=1S/C23H31O4SSi/c1-23(2,3)20-9-11-22(12-10-20)29(21-7-5-4-6-8-21)27-17-19-15-18(16-19)13-14-28(24,25)26/h4-12,18-19H,13-17H2,1-3H3,(H,24,25,26). The molecule has 2 aromatic carbocycles. The Labute approximate surface area is 176 Å². The smallest absolute Gasteiger partial charge is 0.282 e. The molecule has 157 valence electrons. The largest absolute Gasteiger partial charge is 0.407 e. The Morgan fingerprint density at radius 2 is 1.55 bits per heavy atom. The number of hydrogen-bond donors (Lipinski definition) is 1. The third kappa shape index (κ3) is 6.51. The number of hydrogen-bond acceptors (Lipinski definition) is 3. The molecule has 0 atom stereocenters. The fraction of sp³-hybridized carbons (Fsp3) is 0.478. The molecule has 0 spiro atoms. The lowest BCUT2D eigenvalue weighted by atomic mass is 9.74. The maximum absolute atomic E-state index is 10.9. The molecule has 4 nitrogen and oxygen atoms in total. The van der Waals surface area contributed by atoms with Gasteiger partial charge in [-0.3, -0.25) is 4.55 Å². The van der Waals surface area contributed by atoms with Crippen molar-refractivity contribution in [2.75, 3.05) is 12.4 Å². The first-order chi connectivity index (χ1) is 13.6.